The van der Waals surface area contributed by atoms with E-state index in [1.165, 1.54) is 13.0 Å². The molecule has 2 unspecified atom stereocenters. The highest BCUT2D eigenvalue weighted by Gasteiger charge is 2.41. The number of likely N-dealkylation sites (N-methyl/N-ethyl adjacent to an activating group) is 1. The second-order valence-electron chi connectivity index (χ2n) is 7.33. The van der Waals surface area contributed by atoms with E-state index in [4.69, 9.17) is 28.9 Å². The maximum atomic E-state index is 12.1. The molecule has 0 aromatic heterocycles. The van der Waals surface area contributed by atoms with E-state index in [9.17, 15) is 17.8 Å². The fraction of sp³-hybridized carbons (Fsp3) is 0.316. The van der Waals surface area contributed by atoms with E-state index in [0.29, 0.717) is 23.1 Å². The standard InChI is InChI=1S/C19H21Cl2N3O4S.ClH/c1-19(23-18(22)25,29(26,27)28)12-5-3-4-11(6-12)15-9-24(2)10-16-14(15)7-13(20)8-17(16)21;/h3-8,15H,9-10H2,1-2H3,(H3,22,23,25)(H,26,27,28);1H. The number of nitrogens with one attached hydrogen (secondary N) is 1. The minimum Gasteiger partial charge on any atom is -0.352 e. The van der Waals surface area contributed by atoms with Crippen molar-refractivity contribution in [1.29, 1.82) is 0 Å². The Kier molecular flexibility index (Phi) is 7.33. The Labute approximate surface area is 191 Å². The second-order valence-corrected chi connectivity index (χ2v) is 9.94. The molecule has 0 spiro atoms. The molecule has 0 saturated carbocycles. The van der Waals surface area contributed by atoms with Crippen molar-refractivity contribution in [2.24, 2.45) is 5.73 Å². The van der Waals surface area contributed by atoms with Gasteiger partial charge in [0.1, 0.15) is 0 Å². The summed E-state index contributed by atoms with van der Waals surface area (Å²) in [6.07, 6.45) is 0. The topological polar surface area (TPSA) is 113 Å². The van der Waals surface area contributed by atoms with Gasteiger partial charge in [0, 0.05) is 29.1 Å². The lowest BCUT2D eigenvalue weighted by atomic mass is 9.84. The van der Waals surface area contributed by atoms with E-state index in [1.54, 1.807) is 18.2 Å². The van der Waals surface area contributed by atoms with Crippen molar-refractivity contribution in [2.45, 2.75) is 24.3 Å². The van der Waals surface area contributed by atoms with Gasteiger partial charge in [0.05, 0.1) is 0 Å². The average molecular weight is 495 g/mol. The Balaban J connectivity index is 0.00000320. The summed E-state index contributed by atoms with van der Waals surface area (Å²) in [5.41, 5.74) is 8.02. The zero-order valence-electron chi connectivity index (χ0n) is 16.2. The molecule has 11 heteroatoms. The number of carbonyl (C=O) groups is 1. The van der Waals surface area contributed by atoms with Gasteiger partial charge in [-0.1, -0.05) is 47.5 Å². The molecule has 0 aliphatic carbocycles. The number of carbonyl (C=O) groups excluding carboxylic acids is 1. The van der Waals surface area contributed by atoms with Gasteiger partial charge in [0.2, 0.25) is 0 Å². The van der Waals surface area contributed by atoms with Gasteiger partial charge >= 0.3 is 6.03 Å². The Morgan fingerprint density at radius 1 is 1.30 bits per heavy atom. The van der Waals surface area contributed by atoms with Crippen molar-refractivity contribution in [3.8, 4) is 0 Å². The van der Waals surface area contributed by atoms with Gasteiger partial charge in [0.15, 0.2) is 4.87 Å². The van der Waals surface area contributed by atoms with Crippen LogP contribution < -0.4 is 11.1 Å². The van der Waals surface area contributed by atoms with E-state index >= 15 is 0 Å². The third kappa shape index (κ3) is 4.69. The number of urea groups is 1. The van der Waals surface area contributed by atoms with Crippen LogP contribution in [0, 0.1) is 0 Å². The third-order valence-corrected chi connectivity index (χ3v) is 7.13. The lowest BCUT2D eigenvalue weighted by Crippen LogP contribution is -2.51. The smallest absolute Gasteiger partial charge is 0.313 e. The maximum Gasteiger partial charge on any atom is 0.313 e. The van der Waals surface area contributed by atoms with Gasteiger partial charge in [-0.25, -0.2) is 4.79 Å². The Morgan fingerprint density at radius 2 is 1.97 bits per heavy atom. The van der Waals surface area contributed by atoms with Crippen molar-refractivity contribution in [3.63, 3.8) is 0 Å². The molecule has 2 atom stereocenters. The van der Waals surface area contributed by atoms with Gasteiger partial charge < -0.3 is 16.0 Å². The number of amides is 2. The summed E-state index contributed by atoms with van der Waals surface area (Å²) in [7, 11) is -2.75. The molecule has 0 saturated heterocycles. The molecule has 164 valence electrons. The predicted octanol–water partition coefficient (Wildman–Crippen LogP) is 3.72. The van der Waals surface area contributed by atoms with E-state index in [-0.39, 0.29) is 23.9 Å². The highest BCUT2D eigenvalue weighted by Crippen LogP contribution is 2.39. The SMILES string of the molecule is CN1Cc2c(Cl)cc(Cl)cc2C(c2cccc(C(C)(NC(N)=O)S(=O)(=O)O)c2)C1.Cl. The summed E-state index contributed by atoms with van der Waals surface area (Å²) < 4.78 is 33.9. The lowest BCUT2D eigenvalue weighted by Gasteiger charge is -2.34. The molecule has 7 nitrogen and oxygen atoms in total. The molecule has 0 bridgehead atoms. The van der Waals surface area contributed by atoms with E-state index < -0.39 is 21.0 Å². The predicted molar refractivity (Wildman–Crippen MR) is 120 cm³/mol. The molecule has 1 aliphatic heterocycles. The number of hydrogen-bond acceptors (Lipinski definition) is 4. The number of rotatable bonds is 4. The van der Waals surface area contributed by atoms with Gasteiger partial charge in [-0.3, -0.25) is 4.55 Å². The van der Waals surface area contributed by atoms with Gasteiger partial charge in [-0.15, -0.1) is 12.4 Å². The third-order valence-electron chi connectivity index (χ3n) is 5.21. The number of halogens is 3. The number of primary amides is 1. The van der Waals surface area contributed by atoms with Gasteiger partial charge in [-0.2, -0.15) is 8.42 Å². The molecule has 0 fully saturated rings. The van der Waals surface area contributed by atoms with Crippen LogP contribution in [0.3, 0.4) is 0 Å². The largest absolute Gasteiger partial charge is 0.352 e. The number of benzene rings is 2. The highest BCUT2D eigenvalue weighted by molar-refractivity contribution is 7.86. The molecule has 3 rings (SSSR count). The summed E-state index contributed by atoms with van der Waals surface area (Å²) in [6, 6.07) is 9.13. The van der Waals surface area contributed by atoms with E-state index in [1.807, 2.05) is 19.2 Å². The summed E-state index contributed by atoms with van der Waals surface area (Å²) >= 11 is 12.6. The molecular formula is C19H22Cl3N3O4S. The summed E-state index contributed by atoms with van der Waals surface area (Å²) in [5, 5.41) is 3.22. The maximum absolute atomic E-state index is 12.1. The van der Waals surface area contributed by atoms with E-state index in [2.05, 4.69) is 10.2 Å². The summed E-state index contributed by atoms with van der Waals surface area (Å²) in [6.45, 7) is 2.49. The molecule has 2 aromatic rings. The van der Waals surface area contributed by atoms with Gasteiger partial charge in [-0.05, 0) is 48.4 Å². The fourth-order valence-electron chi connectivity index (χ4n) is 3.70. The second kappa shape index (κ2) is 8.90. The average Bonchev–Trinajstić information content (AvgIpc) is 2.60. The molecular weight excluding hydrogens is 473 g/mol. The quantitative estimate of drug-likeness (QED) is 0.561. The Bertz CT molecular complexity index is 1080. The molecule has 2 amide bonds. The zero-order chi connectivity index (χ0) is 21.6. The Hall–Kier alpha value is -1.55. The lowest BCUT2D eigenvalue weighted by molar-refractivity contribution is 0.242. The van der Waals surface area contributed by atoms with Crippen LogP contribution in [0.1, 0.15) is 35.1 Å². The molecule has 2 aromatic carbocycles. The Morgan fingerprint density at radius 3 is 2.57 bits per heavy atom. The monoisotopic (exact) mass is 493 g/mol. The molecule has 1 heterocycles. The first-order valence-electron chi connectivity index (χ1n) is 8.74. The minimum absolute atomic E-state index is 0. The van der Waals surface area contributed by atoms with E-state index in [0.717, 1.165) is 16.7 Å². The van der Waals surface area contributed by atoms with Gasteiger partial charge in [0.25, 0.3) is 10.1 Å². The van der Waals surface area contributed by atoms with Crippen LogP contribution in [0.2, 0.25) is 10.0 Å². The van der Waals surface area contributed by atoms with Crippen molar-refractivity contribution in [2.75, 3.05) is 13.6 Å². The van der Waals surface area contributed by atoms with Crippen LogP contribution in [0.25, 0.3) is 0 Å². The molecule has 0 radical (unpaired) electrons. The van der Waals surface area contributed by atoms with Crippen LogP contribution >= 0.6 is 35.6 Å². The number of fused-ring (bicyclic) bond motifs is 1. The summed E-state index contributed by atoms with van der Waals surface area (Å²) in [4.78, 5) is 11.4. The van der Waals surface area contributed by atoms with Crippen LogP contribution in [0.15, 0.2) is 36.4 Å². The van der Waals surface area contributed by atoms with Crippen LogP contribution in [-0.4, -0.2) is 37.5 Å². The van der Waals surface area contributed by atoms with Crippen molar-refractivity contribution >= 4 is 51.8 Å². The van der Waals surface area contributed by atoms with Crippen LogP contribution in [0.5, 0.6) is 0 Å². The van der Waals surface area contributed by atoms with Crippen LogP contribution in [0.4, 0.5) is 4.79 Å². The fourth-order valence-corrected chi connectivity index (χ4v) is 4.93. The first kappa shape index (κ1) is 24.7. The van der Waals surface area contributed by atoms with Crippen LogP contribution in [-0.2, 0) is 21.5 Å². The normalized spacial score (nSPS) is 18.6. The zero-order valence-corrected chi connectivity index (χ0v) is 19.4. The number of nitrogens with zero attached hydrogens (tertiary/aromatic N) is 1. The number of hydrogen-bond donors (Lipinski definition) is 3. The first-order chi connectivity index (χ1) is 13.4. The molecule has 30 heavy (non-hydrogen) atoms. The summed E-state index contributed by atoms with van der Waals surface area (Å²) in [5.74, 6) is -0.140. The highest BCUT2D eigenvalue weighted by atomic mass is 35.5. The van der Waals surface area contributed by atoms with Crippen molar-refractivity contribution < 1.29 is 17.8 Å². The van der Waals surface area contributed by atoms with Crippen molar-refractivity contribution in [1.82, 2.24) is 10.2 Å². The molecule has 1 aliphatic rings. The molecule has 4 N–H and O–H groups in total. The first-order valence-corrected chi connectivity index (χ1v) is 10.9. The van der Waals surface area contributed by atoms with Crippen molar-refractivity contribution in [3.05, 3.63) is 68.7 Å². The minimum atomic E-state index is -4.71. The number of nitrogens with two attached hydrogens (primary N) is 1.